The van der Waals surface area contributed by atoms with Crippen molar-refractivity contribution in [2.24, 2.45) is 0 Å². The smallest absolute Gasteiger partial charge is 0.325 e. The highest BCUT2D eigenvalue weighted by atomic mass is 16.6. The molecule has 1 rings (SSSR count). The molecule has 1 fully saturated rings. The van der Waals surface area contributed by atoms with E-state index in [2.05, 4.69) is 0 Å². The molecule has 0 radical (unpaired) electrons. The Morgan fingerprint density at radius 3 is 2.36 bits per heavy atom. The molecule has 2 unspecified atom stereocenters. The molecule has 1 aliphatic rings. The fourth-order valence-electron chi connectivity index (χ4n) is 2.25. The Kier molecular flexibility index (Phi) is 6.72. The van der Waals surface area contributed by atoms with Crippen molar-refractivity contribution in [3.8, 4) is 0 Å². The molecular weight excluding hydrogens is 298 g/mol. The fraction of sp³-hybridized carbons (Fsp3) is 0.769. The van der Waals surface area contributed by atoms with Gasteiger partial charge < -0.3 is 24.8 Å². The van der Waals surface area contributed by atoms with E-state index in [1.54, 1.807) is 0 Å². The van der Waals surface area contributed by atoms with Crippen molar-refractivity contribution in [1.29, 1.82) is 0 Å². The zero-order valence-corrected chi connectivity index (χ0v) is 12.5. The lowest BCUT2D eigenvalue weighted by atomic mass is 10.2. The Morgan fingerprint density at radius 2 is 1.86 bits per heavy atom. The molecule has 1 aliphatic heterocycles. The second-order valence-corrected chi connectivity index (χ2v) is 5.12. The van der Waals surface area contributed by atoms with Crippen LogP contribution in [0.5, 0.6) is 0 Å². The van der Waals surface area contributed by atoms with Crippen LogP contribution in [0.25, 0.3) is 0 Å². The third-order valence-corrected chi connectivity index (χ3v) is 3.18. The monoisotopic (exact) mass is 319 g/mol. The van der Waals surface area contributed by atoms with E-state index in [0.29, 0.717) is 0 Å². The number of rotatable bonds is 7. The van der Waals surface area contributed by atoms with E-state index in [-0.39, 0.29) is 25.8 Å². The lowest BCUT2D eigenvalue weighted by molar-refractivity contribution is -0.173. The maximum Gasteiger partial charge on any atom is 0.325 e. The summed E-state index contributed by atoms with van der Waals surface area (Å²) in [5.41, 5.74) is 0. The highest BCUT2D eigenvalue weighted by Crippen LogP contribution is 2.24. The SMILES string of the molecule is CC(O)OC(=O)[C@@H]1C[C@H](OC(=O)CCC(=O)O)CN1C(C)O. The number of hydrogen-bond acceptors (Lipinski definition) is 8. The van der Waals surface area contributed by atoms with Gasteiger partial charge in [-0.15, -0.1) is 0 Å². The van der Waals surface area contributed by atoms with Gasteiger partial charge in [-0.05, 0) is 13.8 Å². The number of ether oxygens (including phenoxy) is 2. The fourth-order valence-corrected chi connectivity index (χ4v) is 2.25. The van der Waals surface area contributed by atoms with Crippen LogP contribution in [0.2, 0.25) is 0 Å². The third kappa shape index (κ3) is 5.58. The van der Waals surface area contributed by atoms with Gasteiger partial charge in [0.15, 0.2) is 6.29 Å². The molecule has 126 valence electrons. The van der Waals surface area contributed by atoms with Crippen molar-refractivity contribution in [1.82, 2.24) is 4.90 Å². The molecule has 0 aromatic rings. The van der Waals surface area contributed by atoms with Crippen LogP contribution in [-0.4, -0.2) is 69.3 Å². The number of esters is 2. The zero-order valence-electron chi connectivity index (χ0n) is 12.5. The van der Waals surface area contributed by atoms with Crippen LogP contribution in [0.4, 0.5) is 0 Å². The molecule has 9 nitrogen and oxygen atoms in total. The first kappa shape index (κ1) is 18.3. The predicted octanol–water partition coefficient (Wildman–Crippen LogP) is -0.943. The minimum absolute atomic E-state index is 0.106. The van der Waals surface area contributed by atoms with Gasteiger partial charge in [-0.1, -0.05) is 0 Å². The molecular formula is C13H21NO8. The normalized spacial score (nSPS) is 24.5. The van der Waals surface area contributed by atoms with Crippen LogP contribution in [0.1, 0.15) is 33.1 Å². The summed E-state index contributed by atoms with van der Waals surface area (Å²) in [6.07, 6.45) is -3.38. The van der Waals surface area contributed by atoms with E-state index in [4.69, 9.17) is 19.7 Å². The average molecular weight is 319 g/mol. The summed E-state index contributed by atoms with van der Waals surface area (Å²) in [4.78, 5) is 35.2. The van der Waals surface area contributed by atoms with Gasteiger partial charge in [0, 0.05) is 13.0 Å². The third-order valence-electron chi connectivity index (χ3n) is 3.18. The van der Waals surface area contributed by atoms with Crippen molar-refractivity contribution in [3.63, 3.8) is 0 Å². The maximum absolute atomic E-state index is 11.9. The summed E-state index contributed by atoms with van der Waals surface area (Å²) < 4.78 is 9.79. The van der Waals surface area contributed by atoms with E-state index in [1.165, 1.54) is 18.7 Å². The lowest BCUT2D eigenvalue weighted by Gasteiger charge is -2.25. The molecule has 0 bridgehead atoms. The van der Waals surface area contributed by atoms with Gasteiger partial charge >= 0.3 is 17.9 Å². The first-order chi connectivity index (χ1) is 10.2. The summed E-state index contributed by atoms with van der Waals surface area (Å²) in [5, 5.41) is 27.3. The molecule has 22 heavy (non-hydrogen) atoms. The zero-order chi connectivity index (χ0) is 16.9. The van der Waals surface area contributed by atoms with Gasteiger partial charge in [0.05, 0.1) is 12.8 Å². The standard InChI is InChI=1S/C13H21NO8/c1-7(15)14-6-9(22-12(19)4-3-11(17)18)5-10(14)13(20)21-8(2)16/h7-10,15-16H,3-6H2,1-2H3,(H,17,18)/t7?,8?,9-,10-/m0/s1. The Bertz CT molecular complexity index is 422. The summed E-state index contributed by atoms with van der Waals surface area (Å²) in [6.45, 7) is 2.86. The number of aliphatic hydroxyl groups is 2. The number of aliphatic carboxylic acids is 1. The topological polar surface area (TPSA) is 134 Å². The van der Waals surface area contributed by atoms with Crippen LogP contribution in [0, 0.1) is 0 Å². The number of carbonyl (C=O) groups is 3. The minimum Gasteiger partial charge on any atom is -0.481 e. The maximum atomic E-state index is 11.9. The van der Waals surface area contributed by atoms with Crippen LogP contribution in [-0.2, 0) is 23.9 Å². The molecule has 0 amide bonds. The van der Waals surface area contributed by atoms with E-state index in [9.17, 15) is 19.5 Å². The first-order valence-corrected chi connectivity index (χ1v) is 6.94. The van der Waals surface area contributed by atoms with Gasteiger partial charge in [-0.25, -0.2) is 0 Å². The van der Waals surface area contributed by atoms with Gasteiger partial charge in [0.1, 0.15) is 18.4 Å². The number of nitrogens with zero attached hydrogens (tertiary/aromatic N) is 1. The van der Waals surface area contributed by atoms with Gasteiger partial charge in [-0.3, -0.25) is 19.3 Å². The Morgan fingerprint density at radius 1 is 1.23 bits per heavy atom. The summed E-state index contributed by atoms with van der Waals surface area (Å²) >= 11 is 0. The number of carboxylic acids is 1. The first-order valence-electron chi connectivity index (χ1n) is 6.94. The van der Waals surface area contributed by atoms with Crippen LogP contribution in [0.15, 0.2) is 0 Å². The van der Waals surface area contributed by atoms with E-state index >= 15 is 0 Å². The number of aliphatic hydroxyl groups excluding tert-OH is 2. The highest BCUT2D eigenvalue weighted by Gasteiger charge is 2.41. The summed E-state index contributed by atoms with van der Waals surface area (Å²) in [5.74, 6) is -2.50. The molecule has 9 heteroatoms. The molecule has 3 N–H and O–H groups in total. The molecule has 0 spiro atoms. The number of likely N-dealkylation sites (tertiary alicyclic amines) is 1. The molecule has 0 aromatic heterocycles. The van der Waals surface area contributed by atoms with Crippen molar-refractivity contribution in [3.05, 3.63) is 0 Å². The van der Waals surface area contributed by atoms with E-state index in [1.807, 2.05) is 0 Å². The van der Waals surface area contributed by atoms with E-state index in [0.717, 1.165) is 0 Å². The Balaban J connectivity index is 2.60. The minimum atomic E-state index is -1.28. The summed E-state index contributed by atoms with van der Waals surface area (Å²) in [6, 6.07) is -0.841. The van der Waals surface area contributed by atoms with Crippen molar-refractivity contribution >= 4 is 17.9 Å². The predicted molar refractivity (Wildman–Crippen MR) is 71.3 cm³/mol. The molecule has 0 aliphatic carbocycles. The number of hydrogen-bond donors (Lipinski definition) is 3. The summed E-state index contributed by atoms with van der Waals surface area (Å²) in [7, 11) is 0. The van der Waals surface area contributed by atoms with Gasteiger partial charge in [-0.2, -0.15) is 0 Å². The quantitative estimate of drug-likeness (QED) is 0.401. The average Bonchev–Trinajstić information content (AvgIpc) is 2.79. The largest absolute Gasteiger partial charge is 0.481 e. The second kappa shape index (κ2) is 8.06. The molecule has 0 saturated carbocycles. The highest BCUT2D eigenvalue weighted by molar-refractivity contribution is 5.78. The van der Waals surface area contributed by atoms with Crippen molar-refractivity contribution < 1.29 is 39.2 Å². The second-order valence-electron chi connectivity index (χ2n) is 5.12. The number of carboxylic acid groups (broad SMARTS) is 1. The van der Waals surface area contributed by atoms with Crippen LogP contribution >= 0.6 is 0 Å². The Labute approximate surface area is 127 Å². The molecule has 0 aromatic carbocycles. The molecule has 1 saturated heterocycles. The van der Waals surface area contributed by atoms with Crippen molar-refractivity contribution in [2.45, 2.75) is 57.8 Å². The Hall–Kier alpha value is -1.71. The van der Waals surface area contributed by atoms with Crippen LogP contribution < -0.4 is 0 Å². The van der Waals surface area contributed by atoms with E-state index < -0.39 is 42.6 Å². The molecule has 1 heterocycles. The van der Waals surface area contributed by atoms with Crippen molar-refractivity contribution in [2.75, 3.05) is 6.54 Å². The molecule has 4 atom stereocenters. The lowest BCUT2D eigenvalue weighted by Crippen LogP contribution is -2.43. The van der Waals surface area contributed by atoms with Crippen LogP contribution in [0.3, 0.4) is 0 Å². The van der Waals surface area contributed by atoms with Gasteiger partial charge in [0.25, 0.3) is 0 Å². The number of carbonyl (C=O) groups excluding carboxylic acids is 2. The van der Waals surface area contributed by atoms with Gasteiger partial charge in [0.2, 0.25) is 0 Å².